The van der Waals surface area contributed by atoms with Gasteiger partial charge < -0.3 is 4.74 Å². The highest BCUT2D eigenvalue weighted by atomic mass is 16.5. The summed E-state index contributed by atoms with van der Waals surface area (Å²) in [4.78, 5) is 2.52. The van der Waals surface area contributed by atoms with E-state index in [0.717, 1.165) is 12.5 Å². The summed E-state index contributed by atoms with van der Waals surface area (Å²) in [7, 11) is 0. The second-order valence-electron chi connectivity index (χ2n) is 6.67. The minimum atomic E-state index is 0.239. The summed E-state index contributed by atoms with van der Waals surface area (Å²) in [6.45, 7) is 12.5. The normalized spacial score (nSPS) is 40.9. The van der Waals surface area contributed by atoms with Crippen molar-refractivity contribution in [3.8, 4) is 0 Å². The molecule has 1 aliphatic heterocycles. The van der Waals surface area contributed by atoms with E-state index in [1.54, 1.807) is 0 Å². The zero-order valence-corrected chi connectivity index (χ0v) is 12.6. The van der Waals surface area contributed by atoms with Crippen molar-refractivity contribution in [2.45, 2.75) is 71.8 Å². The van der Waals surface area contributed by atoms with Crippen LogP contribution in [0.5, 0.6) is 0 Å². The van der Waals surface area contributed by atoms with E-state index < -0.39 is 0 Å². The van der Waals surface area contributed by atoms with Gasteiger partial charge in [0.2, 0.25) is 0 Å². The maximum absolute atomic E-state index is 6.30. The van der Waals surface area contributed by atoms with Gasteiger partial charge in [0.25, 0.3) is 0 Å². The molecule has 0 amide bonds. The number of allylic oxidation sites excluding steroid dienone is 1. The Bertz CT molecular complexity index is 310. The van der Waals surface area contributed by atoms with Crippen LogP contribution in [0.2, 0.25) is 0 Å². The second kappa shape index (κ2) is 5.34. The van der Waals surface area contributed by atoms with Gasteiger partial charge in [0.15, 0.2) is 0 Å². The second-order valence-corrected chi connectivity index (χ2v) is 6.67. The molecule has 1 saturated carbocycles. The first-order chi connectivity index (χ1) is 8.46. The molecule has 104 valence electrons. The summed E-state index contributed by atoms with van der Waals surface area (Å²) in [5, 5.41) is 0. The molecule has 4 atom stereocenters. The van der Waals surface area contributed by atoms with E-state index in [1.165, 1.54) is 19.3 Å². The van der Waals surface area contributed by atoms with Gasteiger partial charge in [0, 0.05) is 18.0 Å². The standard InChI is InChI=1S/C16H29NO/c1-6-7-10-17-13(3)18-15-11-12(2)8-9-14(15)16(17,4)5/h6-7,12-15H,8-11H2,1-5H3/b7-6+/t12-,13+,14-,15-/m1/s1. The Morgan fingerprint density at radius 3 is 2.67 bits per heavy atom. The number of nitrogens with zero attached hydrogens (tertiary/aromatic N) is 1. The molecule has 2 aliphatic rings. The van der Waals surface area contributed by atoms with E-state index in [2.05, 4.69) is 51.7 Å². The van der Waals surface area contributed by atoms with Gasteiger partial charge in [-0.05, 0) is 46.5 Å². The summed E-state index contributed by atoms with van der Waals surface area (Å²) in [6.07, 6.45) is 9.02. The van der Waals surface area contributed by atoms with Gasteiger partial charge in [0.1, 0.15) is 6.23 Å². The van der Waals surface area contributed by atoms with Gasteiger partial charge in [-0.1, -0.05) is 25.5 Å². The van der Waals surface area contributed by atoms with Gasteiger partial charge in [0.05, 0.1) is 6.10 Å². The van der Waals surface area contributed by atoms with Gasteiger partial charge in [-0.2, -0.15) is 0 Å². The minimum Gasteiger partial charge on any atom is -0.360 e. The minimum absolute atomic E-state index is 0.239. The molecule has 1 aliphatic carbocycles. The first kappa shape index (κ1) is 14.1. The van der Waals surface area contributed by atoms with Crippen LogP contribution in [-0.4, -0.2) is 29.3 Å². The van der Waals surface area contributed by atoms with E-state index in [0.29, 0.717) is 12.0 Å². The molecule has 2 heteroatoms. The fourth-order valence-electron chi connectivity index (χ4n) is 3.90. The molecule has 2 rings (SSSR count). The molecule has 0 spiro atoms. The van der Waals surface area contributed by atoms with Crippen molar-refractivity contribution >= 4 is 0 Å². The lowest BCUT2D eigenvalue weighted by atomic mass is 9.70. The molecule has 18 heavy (non-hydrogen) atoms. The average molecular weight is 251 g/mol. The lowest BCUT2D eigenvalue weighted by molar-refractivity contribution is -0.222. The molecule has 0 radical (unpaired) electrons. The van der Waals surface area contributed by atoms with Crippen molar-refractivity contribution in [2.24, 2.45) is 11.8 Å². The van der Waals surface area contributed by atoms with Crippen molar-refractivity contribution in [3.63, 3.8) is 0 Å². The molecular formula is C16H29NO. The van der Waals surface area contributed by atoms with Crippen molar-refractivity contribution in [2.75, 3.05) is 6.54 Å². The molecule has 0 aromatic carbocycles. The Morgan fingerprint density at radius 1 is 1.28 bits per heavy atom. The largest absolute Gasteiger partial charge is 0.360 e. The Hall–Kier alpha value is -0.340. The van der Waals surface area contributed by atoms with Gasteiger partial charge in [-0.25, -0.2) is 0 Å². The highest BCUT2D eigenvalue weighted by Crippen LogP contribution is 2.44. The maximum atomic E-state index is 6.30. The maximum Gasteiger partial charge on any atom is 0.108 e. The SMILES string of the molecule is C/C=C/CN1[C@H](C)O[C@@H]2C[C@H](C)CC[C@H]2C1(C)C. The fraction of sp³-hybridized carbons (Fsp3) is 0.875. The highest BCUT2D eigenvalue weighted by molar-refractivity contribution is 5.01. The molecule has 1 saturated heterocycles. The Balaban J connectivity index is 2.16. The third-order valence-electron chi connectivity index (χ3n) is 5.05. The number of ether oxygens (including phenoxy) is 1. The molecule has 1 heterocycles. The van der Waals surface area contributed by atoms with Crippen LogP contribution >= 0.6 is 0 Å². The summed E-state index contributed by atoms with van der Waals surface area (Å²) in [6, 6.07) is 0. The van der Waals surface area contributed by atoms with Crippen LogP contribution in [0.25, 0.3) is 0 Å². The van der Waals surface area contributed by atoms with E-state index >= 15 is 0 Å². The van der Waals surface area contributed by atoms with Gasteiger partial charge in [-0.15, -0.1) is 0 Å². The molecule has 2 fully saturated rings. The quantitative estimate of drug-likeness (QED) is 0.692. The lowest BCUT2D eigenvalue weighted by Crippen LogP contribution is -2.63. The molecule has 0 bridgehead atoms. The first-order valence-corrected chi connectivity index (χ1v) is 7.50. The third-order valence-corrected chi connectivity index (χ3v) is 5.05. The fourth-order valence-corrected chi connectivity index (χ4v) is 3.90. The van der Waals surface area contributed by atoms with Crippen LogP contribution < -0.4 is 0 Å². The van der Waals surface area contributed by atoms with Crippen LogP contribution in [0.3, 0.4) is 0 Å². The van der Waals surface area contributed by atoms with Crippen LogP contribution in [0.15, 0.2) is 12.2 Å². The highest BCUT2D eigenvalue weighted by Gasteiger charge is 2.48. The first-order valence-electron chi connectivity index (χ1n) is 7.50. The van der Waals surface area contributed by atoms with Crippen LogP contribution in [0.4, 0.5) is 0 Å². The average Bonchev–Trinajstić information content (AvgIpc) is 2.27. The third kappa shape index (κ3) is 2.50. The molecule has 0 aromatic rings. The monoisotopic (exact) mass is 251 g/mol. The zero-order chi connectivity index (χ0) is 13.3. The molecule has 0 aromatic heterocycles. The number of hydrogen-bond acceptors (Lipinski definition) is 2. The number of rotatable bonds is 2. The Labute approximate surface area is 112 Å². The summed E-state index contributed by atoms with van der Waals surface area (Å²) < 4.78 is 6.30. The molecular weight excluding hydrogens is 222 g/mol. The molecule has 2 nitrogen and oxygen atoms in total. The van der Waals surface area contributed by atoms with E-state index in [4.69, 9.17) is 4.74 Å². The molecule has 0 N–H and O–H groups in total. The van der Waals surface area contributed by atoms with Crippen molar-refractivity contribution < 1.29 is 4.74 Å². The van der Waals surface area contributed by atoms with E-state index in [1.807, 2.05) is 0 Å². The number of hydrogen-bond donors (Lipinski definition) is 0. The topological polar surface area (TPSA) is 12.5 Å². The van der Waals surface area contributed by atoms with E-state index in [9.17, 15) is 0 Å². The predicted molar refractivity (Wildman–Crippen MR) is 76.4 cm³/mol. The smallest absolute Gasteiger partial charge is 0.108 e. The van der Waals surface area contributed by atoms with Crippen LogP contribution in [0, 0.1) is 11.8 Å². The lowest BCUT2D eigenvalue weighted by Gasteiger charge is -2.56. The number of fused-ring (bicyclic) bond motifs is 1. The van der Waals surface area contributed by atoms with Crippen molar-refractivity contribution in [3.05, 3.63) is 12.2 Å². The van der Waals surface area contributed by atoms with Gasteiger partial charge in [-0.3, -0.25) is 4.90 Å². The molecule has 0 unspecified atom stereocenters. The van der Waals surface area contributed by atoms with Gasteiger partial charge >= 0.3 is 0 Å². The summed E-state index contributed by atoms with van der Waals surface area (Å²) in [5.41, 5.74) is 0.252. The summed E-state index contributed by atoms with van der Waals surface area (Å²) in [5.74, 6) is 1.52. The zero-order valence-electron chi connectivity index (χ0n) is 12.6. The Kier molecular flexibility index (Phi) is 4.18. The predicted octanol–water partition coefficient (Wildman–Crippen LogP) is 3.82. The summed E-state index contributed by atoms with van der Waals surface area (Å²) >= 11 is 0. The van der Waals surface area contributed by atoms with Crippen LogP contribution in [-0.2, 0) is 4.74 Å². The van der Waals surface area contributed by atoms with Crippen molar-refractivity contribution in [1.29, 1.82) is 0 Å². The van der Waals surface area contributed by atoms with Crippen molar-refractivity contribution in [1.82, 2.24) is 4.90 Å². The Morgan fingerprint density at radius 2 is 2.00 bits per heavy atom. The van der Waals surface area contributed by atoms with Crippen LogP contribution in [0.1, 0.15) is 53.9 Å². The van der Waals surface area contributed by atoms with E-state index in [-0.39, 0.29) is 11.8 Å².